The van der Waals surface area contributed by atoms with Gasteiger partial charge in [0.1, 0.15) is 11.6 Å². The van der Waals surface area contributed by atoms with Crippen LogP contribution in [0.1, 0.15) is 0 Å². The summed E-state index contributed by atoms with van der Waals surface area (Å²) < 4.78 is 52.2. The highest BCUT2D eigenvalue weighted by atomic mass is 19.2. The van der Waals surface area contributed by atoms with Crippen molar-refractivity contribution < 1.29 is 17.6 Å². The fourth-order valence-electron chi connectivity index (χ4n) is 1.49. The van der Waals surface area contributed by atoms with Crippen molar-refractivity contribution in [2.75, 3.05) is 11.1 Å². The van der Waals surface area contributed by atoms with Crippen LogP contribution in [0, 0.1) is 23.3 Å². The number of hydrogen-bond donors (Lipinski definition) is 2. The number of nitrogens with two attached hydrogens (primary N) is 1. The van der Waals surface area contributed by atoms with Gasteiger partial charge in [0.05, 0.1) is 5.69 Å². The maximum atomic E-state index is 13.3. The Bertz CT molecular complexity index is 579. The highest BCUT2D eigenvalue weighted by Crippen LogP contribution is 2.25. The van der Waals surface area contributed by atoms with Gasteiger partial charge in [0.15, 0.2) is 11.6 Å². The predicted octanol–water partition coefficient (Wildman–Crippen LogP) is 3.57. The normalized spacial score (nSPS) is 10.4. The van der Waals surface area contributed by atoms with E-state index < -0.39 is 29.0 Å². The SMILES string of the molecule is Nc1cc(F)cc(Nc2cc(F)cc(F)c2F)c1. The molecule has 0 aliphatic carbocycles. The Morgan fingerprint density at radius 3 is 2.17 bits per heavy atom. The van der Waals surface area contributed by atoms with Gasteiger partial charge in [-0.15, -0.1) is 0 Å². The molecular weight excluding hydrogens is 248 g/mol. The molecule has 2 aromatic rings. The van der Waals surface area contributed by atoms with Crippen LogP contribution in [0.4, 0.5) is 34.6 Å². The van der Waals surface area contributed by atoms with Gasteiger partial charge in [0, 0.05) is 23.5 Å². The second-order valence-corrected chi connectivity index (χ2v) is 3.65. The van der Waals surface area contributed by atoms with Crippen molar-refractivity contribution in [3.8, 4) is 0 Å². The zero-order chi connectivity index (χ0) is 13.3. The largest absolute Gasteiger partial charge is 0.399 e. The zero-order valence-corrected chi connectivity index (χ0v) is 8.98. The van der Waals surface area contributed by atoms with E-state index in [0.29, 0.717) is 6.07 Å². The molecule has 0 atom stereocenters. The molecule has 0 saturated heterocycles. The summed E-state index contributed by atoms with van der Waals surface area (Å²) in [7, 11) is 0. The lowest BCUT2D eigenvalue weighted by atomic mass is 10.2. The van der Waals surface area contributed by atoms with Crippen molar-refractivity contribution in [1.29, 1.82) is 0 Å². The van der Waals surface area contributed by atoms with Gasteiger partial charge in [-0.3, -0.25) is 0 Å². The first-order chi connectivity index (χ1) is 8.45. The molecule has 0 aliphatic rings. The number of hydrogen-bond acceptors (Lipinski definition) is 2. The van der Waals surface area contributed by atoms with Gasteiger partial charge < -0.3 is 11.1 Å². The summed E-state index contributed by atoms with van der Waals surface area (Å²) in [5.74, 6) is -4.17. The summed E-state index contributed by atoms with van der Waals surface area (Å²) in [6, 6.07) is 4.58. The van der Waals surface area contributed by atoms with Crippen LogP contribution in [0.25, 0.3) is 0 Å². The van der Waals surface area contributed by atoms with Crippen molar-refractivity contribution in [1.82, 2.24) is 0 Å². The van der Waals surface area contributed by atoms with E-state index in [9.17, 15) is 17.6 Å². The van der Waals surface area contributed by atoms with Crippen LogP contribution in [-0.2, 0) is 0 Å². The molecule has 2 rings (SSSR count). The highest BCUT2D eigenvalue weighted by Gasteiger charge is 2.11. The van der Waals surface area contributed by atoms with Gasteiger partial charge in [-0.05, 0) is 18.2 Å². The fourth-order valence-corrected chi connectivity index (χ4v) is 1.49. The Morgan fingerprint density at radius 1 is 0.833 bits per heavy atom. The first-order valence-electron chi connectivity index (χ1n) is 4.93. The summed E-state index contributed by atoms with van der Waals surface area (Å²) in [6.07, 6.45) is 0. The maximum Gasteiger partial charge on any atom is 0.182 e. The Labute approximate surface area is 100 Å². The first kappa shape index (κ1) is 12.2. The quantitative estimate of drug-likeness (QED) is 0.489. The van der Waals surface area contributed by atoms with Crippen LogP contribution < -0.4 is 11.1 Å². The van der Waals surface area contributed by atoms with Gasteiger partial charge in [0.2, 0.25) is 0 Å². The molecule has 0 aromatic heterocycles. The van der Waals surface area contributed by atoms with Crippen molar-refractivity contribution in [2.45, 2.75) is 0 Å². The van der Waals surface area contributed by atoms with Crippen LogP contribution in [0.15, 0.2) is 30.3 Å². The molecule has 0 spiro atoms. The Kier molecular flexibility index (Phi) is 3.10. The topological polar surface area (TPSA) is 38.0 Å². The molecule has 0 bridgehead atoms. The standard InChI is InChI=1S/C12H8F4N2/c13-6-1-8(17)5-9(2-6)18-11-4-7(14)3-10(15)12(11)16/h1-5,18H,17H2. The van der Waals surface area contributed by atoms with Gasteiger partial charge in [0.25, 0.3) is 0 Å². The molecule has 0 fully saturated rings. The predicted molar refractivity (Wildman–Crippen MR) is 60.4 cm³/mol. The summed E-state index contributed by atoms with van der Waals surface area (Å²) in [5, 5.41) is 2.36. The Balaban J connectivity index is 2.39. The zero-order valence-electron chi connectivity index (χ0n) is 8.98. The summed E-state index contributed by atoms with van der Waals surface area (Å²) in [5.41, 5.74) is 5.16. The van der Waals surface area contributed by atoms with Crippen molar-refractivity contribution >= 4 is 17.1 Å². The first-order valence-corrected chi connectivity index (χ1v) is 4.93. The molecule has 0 aliphatic heterocycles. The van der Waals surface area contributed by atoms with E-state index in [1.165, 1.54) is 6.07 Å². The van der Waals surface area contributed by atoms with Gasteiger partial charge in [-0.2, -0.15) is 0 Å². The molecular formula is C12H8F4N2. The summed E-state index contributed by atoms with van der Waals surface area (Å²) >= 11 is 0. The lowest BCUT2D eigenvalue weighted by molar-refractivity contribution is 0.498. The van der Waals surface area contributed by atoms with Crippen LogP contribution in [0.5, 0.6) is 0 Å². The van der Waals surface area contributed by atoms with E-state index in [4.69, 9.17) is 5.73 Å². The van der Waals surface area contributed by atoms with E-state index in [0.717, 1.165) is 18.2 Å². The van der Waals surface area contributed by atoms with Gasteiger partial charge in [-0.25, -0.2) is 17.6 Å². The smallest absolute Gasteiger partial charge is 0.182 e. The van der Waals surface area contributed by atoms with E-state index in [1.54, 1.807) is 0 Å². The molecule has 3 N–H and O–H groups in total. The average molecular weight is 256 g/mol. The van der Waals surface area contributed by atoms with Crippen molar-refractivity contribution in [3.63, 3.8) is 0 Å². The van der Waals surface area contributed by atoms with Crippen LogP contribution >= 0.6 is 0 Å². The monoisotopic (exact) mass is 256 g/mol. The Hall–Kier alpha value is -2.24. The molecule has 2 nitrogen and oxygen atoms in total. The van der Waals surface area contributed by atoms with E-state index in [-0.39, 0.29) is 11.4 Å². The molecule has 6 heteroatoms. The third-order valence-electron chi connectivity index (χ3n) is 2.19. The summed E-state index contributed by atoms with van der Waals surface area (Å²) in [4.78, 5) is 0. The fraction of sp³-hybridized carbons (Fsp3) is 0. The molecule has 0 radical (unpaired) electrons. The average Bonchev–Trinajstić information content (AvgIpc) is 2.23. The number of nitrogens with one attached hydrogen (secondary N) is 1. The molecule has 0 saturated carbocycles. The maximum absolute atomic E-state index is 13.3. The van der Waals surface area contributed by atoms with Gasteiger partial charge >= 0.3 is 0 Å². The van der Waals surface area contributed by atoms with E-state index >= 15 is 0 Å². The number of anilines is 3. The lowest BCUT2D eigenvalue weighted by Crippen LogP contribution is -1.99. The second-order valence-electron chi connectivity index (χ2n) is 3.65. The van der Waals surface area contributed by atoms with Crippen molar-refractivity contribution in [2.24, 2.45) is 0 Å². The third kappa shape index (κ3) is 2.53. The number of halogens is 4. The molecule has 18 heavy (non-hydrogen) atoms. The minimum atomic E-state index is -1.33. The number of benzene rings is 2. The van der Waals surface area contributed by atoms with Crippen LogP contribution in [0.2, 0.25) is 0 Å². The number of rotatable bonds is 2. The molecule has 94 valence electrons. The summed E-state index contributed by atoms with van der Waals surface area (Å²) in [6.45, 7) is 0. The molecule has 0 amide bonds. The van der Waals surface area contributed by atoms with Crippen LogP contribution in [-0.4, -0.2) is 0 Å². The van der Waals surface area contributed by atoms with Crippen molar-refractivity contribution in [3.05, 3.63) is 53.6 Å². The van der Waals surface area contributed by atoms with E-state index in [1.807, 2.05) is 0 Å². The minimum absolute atomic E-state index is 0.0939. The third-order valence-corrected chi connectivity index (χ3v) is 2.19. The van der Waals surface area contributed by atoms with E-state index in [2.05, 4.69) is 5.32 Å². The molecule has 0 unspecified atom stereocenters. The lowest BCUT2D eigenvalue weighted by Gasteiger charge is -2.09. The minimum Gasteiger partial charge on any atom is -0.399 e. The molecule has 2 aromatic carbocycles. The molecule has 0 heterocycles. The van der Waals surface area contributed by atoms with Crippen LogP contribution in [0.3, 0.4) is 0 Å². The number of nitrogen functional groups attached to an aromatic ring is 1. The highest BCUT2D eigenvalue weighted by molar-refractivity contribution is 5.64. The second kappa shape index (κ2) is 4.56. The van der Waals surface area contributed by atoms with Gasteiger partial charge in [-0.1, -0.05) is 0 Å². The Morgan fingerprint density at radius 2 is 1.50 bits per heavy atom.